The average Bonchev–Trinajstić information content (AvgIpc) is 2.62. The molecule has 3 nitrogen and oxygen atoms in total. The summed E-state index contributed by atoms with van der Waals surface area (Å²) < 4.78 is 0. The molecule has 1 amide bonds. The number of carbonyl (C=O) groups is 2. The Bertz CT molecular complexity index is 1100. The molecule has 0 radical (unpaired) electrons. The van der Waals surface area contributed by atoms with Crippen LogP contribution in [0.3, 0.4) is 0 Å². The maximum Gasteiger partial charge on any atom is 0.232 e. The summed E-state index contributed by atoms with van der Waals surface area (Å²) >= 11 is 12.6. The summed E-state index contributed by atoms with van der Waals surface area (Å²) in [6.07, 6.45) is 1.33. The van der Waals surface area contributed by atoms with E-state index in [0.717, 1.165) is 28.1 Å². The van der Waals surface area contributed by atoms with Crippen molar-refractivity contribution in [1.29, 1.82) is 0 Å². The summed E-state index contributed by atoms with van der Waals surface area (Å²) in [5.74, 6) is -0.263. The van der Waals surface area contributed by atoms with Crippen LogP contribution in [-0.4, -0.2) is 11.7 Å². The molecule has 0 spiro atoms. The van der Waals surface area contributed by atoms with Gasteiger partial charge >= 0.3 is 0 Å². The first-order valence-corrected chi connectivity index (χ1v) is 10.9. The zero-order valence-corrected chi connectivity index (χ0v) is 19.2. The van der Waals surface area contributed by atoms with Gasteiger partial charge < -0.3 is 0 Å². The van der Waals surface area contributed by atoms with Crippen LogP contribution in [0.25, 0.3) is 0 Å². The highest BCUT2D eigenvalue weighted by Gasteiger charge is 2.44. The molecule has 5 heteroatoms. The van der Waals surface area contributed by atoms with Gasteiger partial charge in [0.05, 0.1) is 0 Å². The summed E-state index contributed by atoms with van der Waals surface area (Å²) in [6, 6.07) is 11.3. The zero-order valence-electron chi connectivity index (χ0n) is 17.7. The highest BCUT2D eigenvalue weighted by atomic mass is 35.5. The number of rotatable bonds is 2. The van der Waals surface area contributed by atoms with E-state index >= 15 is 0 Å². The second-order valence-corrected chi connectivity index (χ2v) is 10.1. The molecule has 1 unspecified atom stereocenters. The van der Waals surface area contributed by atoms with E-state index in [9.17, 15) is 9.59 Å². The van der Waals surface area contributed by atoms with E-state index in [1.807, 2.05) is 38.1 Å². The van der Waals surface area contributed by atoms with Gasteiger partial charge in [-0.15, -0.1) is 0 Å². The first kappa shape index (κ1) is 21.1. The Morgan fingerprint density at radius 2 is 1.70 bits per heavy atom. The fraction of sp³-hybridized carbons (Fsp3) is 0.360. The number of Topliss-reactive ketones (excluding diaryl/α,β-unsaturated/α-hetero) is 1. The number of anilines is 1. The van der Waals surface area contributed by atoms with E-state index in [-0.39, 0.29) is 29.4 Å². The normalized spacial score (nSPS) is 21.1. The van der Waals surface area contributed by atoms with Crippen LogP contribution in [-0.2, 0) is 9.59 Å². The number of nitrogens with zero attached hydrogens (tertiary/aromatic N) is 1. The van der Waals surface area contributed by atoms with E-state index in [0.29, 0.717) is 22.9 Å². The third-order valence-corrected chi connectivity index (χ3v) is 6.79. The monoisotopic (exact) mass is 441 g/mol. The highest BCUT2D eigenvalue weighted by Crippen LogP contribution is 2.49. The van der Waals surface area contributed by atoms with Crippen LogP contribution >= 0.6 is 23.2 Å². The molecule has 1 aliphatic carbocycles. The SMILES string of the molecule is Cc1ccc(N2C(=O)CC(c3ccc(Cl)cc3Cl)C3=C2CC(C)(C)CC3=O)cc1C. The molecular formula is C25H25Cl2NO2. The fourth-order valence-electron chi connectivity index (χ4n) is 4.63. The molecule has 0 saturated carbocycles. The number of allylic oxidation sites excluding steroid dienone is 2. The molecule has 0 saturated heterocycles. The first-order valence-electron chi connectivity index (χ1n) is 10.2. The minimum absolute atomic E-state index is 0.0153. The average molecular weight is 442 g/mol. The second-order valence-electron chi connectivity index (χ2n) is 9.22. The Hall–Kier alpha value is -2.10. The predicted octanol–water partition coefficient (Wildman–Crippen LogP) is 6.77. The third-order valence-electron chi connectivity index (χ3n) is 6.23. The Labute approximate surface area is 187 Å². The van der Waals surface area contributed by atoms with Crippen molar-refractivity contribution in [3.05, 3.63) is 74.4 Å². The molecule has 0 bridgehead atoms. The molecule has 2 aliphatic rings. The lowest BCUT2D eigenvalue weighted by molar-refractivity contribution is -0.121. The number of benzene rings is 2. The van der Waals surface area contributed by atoms with E-state index in [4.69, 9.17) is 23.2 Å². The number of hydrogen-bond acceptors (Lipinski definition) is 2. The lowest BCUT2D eigenvalue weighted by atomic mass is 9.69. The van der Waals surface area contributed by atoms with Crippen molar-refractivity contribution in [1.82, 2.24) is 0 Å². The van der Waals surface area contributed by atoms with E-state index in [1.165, 1.54) is 5.56 Å². The number of aryl methyl sites for hydroxylation is 2. The van der Waals surface area contributed by atoms with Crippen LogP contribution < -0.4 is 4.90 Å². The van der Waals surface area contributed by atoms with Gasteiger partial charge in [-0.05, 0) is 66.6 Å². The van der Waals surface area contributed by atoms with Gasteiger partial charge in [-0.25, -0.2) is 0 Å². The van der Waals surface area contributed by atoms with E-state index < -0.39 is 0 Å². The number of ketones is 1. The van der Waals surface area contributed by atoms with Gasteiger partial charge in [-0.1, -0.05) is 49.2 Å². The topological polar surface area (TPSA) is 37.4 Å². The van der Waals surface area contributed by atoms with Crippen LogP contribution in [0, 0.1) is 19.3 Å². The molecule has 2 aromatic rings. The summed E-state index contributed by atoms with van der Waals surface area (Å²) in [6.45, 7) is 8.25. The van der Waals surface area contributed by atoms with Gasteiger partial charge in [-0.3, -0.25) is 14.5 Å². The lowest BCUT2D eigenvalue weighted by Crippen LogP contribution is -2.43. The minimum Gasteiger partial charge on any atom is -0.294 e. The second kappa shape index (κ2) is 7.55. The van der Waals surface area contributed by atoms with Gasteiger partial charge in [0.25, 0.3) is 0 Å². The molecule has 1 atom stereocenters. The molecule has 0 aromatic heterocycles. The molecule has 2 aromatic carbocycles. The van der Waals surface area contributed by atoms with Gasteiger partial charge in [0, 0.05) is 45.8 Å². The maximum absolute atomic E-state index is 13.4. The number of carbonyl (C=O) groups excluding carboxylic acids is 2. The Morgan fingerprint density at radius 3 is 2.37 bits per heavy atom. The van der Waals surface area contributed by atoms with Crippen molar-refractivity contribution in [2.24, 2.45) is 5.41 Å². The molecule has 0 N–H and O–H groups in total. The largest absolute Gasteiger partial charge is 0.294 e. The molecule has 4 rings (SSSR count). The molecule has 0 fully saturated rings. The summed E-state index contributed by atoms with van der Waals surface area (Å²) in [7, 11) is 0. The highest BCUT2D eigenvalue weighted by molar-refractivity contribution is 6.35. The van der Waals surface area contributed by atoms with Crippen LogP contribution in [0.15, 0.2) is 47.7 Å². The summed E-state index contributed by atoms with van der Waals surface area (Å²) in [4.78, 5) is 28.5. The van der Waals surface area contributed by atoms with Crippen molar-refractivity contribution in [3.8, 4) is 0 Å². The quantitative estimate of drug-likeness (QED) is 0.515. The van der Waals surface area contributed by atoms with Crippen molar-refractivity contribution < 1.29 is 9.59 Å². The minimum atomic E-state index is -0.344. The number of halogens is 2. The van der Waals surface area contributed by atoms with Crippen molar-refractivity contribution in [2.75, 3.05) is 4.90 Å². The summed E-state index contributed by atoms with van der Waals surface area (Å²) in [5, 5.41) is 1.03. The van der Waals surface area contributed by atoms with Gasteiger partial charge in [-0.2, -0.15) is 0 Å². The van der Waals surface area contributed by atoms with E-state index in [1.54, 1.807) is 17.0 Å². The van der Waals surface area contributed by atoms with Gasteiger partial charge in [0.2, 0.25) is 5.91 Å². The maximum atomic E-state index is 13.4. The van der Waals surface area contributed by atoms with E-state index in [2.05, 4.69) is 13.8 Å². The van der Waals surface area contributed by atoms with Crippen molar-refractivity contribution in [3.63, 3.8) is 0 Å². The Morgan fingerprint density at radius 1 is 0.967 bits per heavy atom. The molecule has 1 aliphatic heterocycles. The first-order chi connectivity index (χ1) is 14.1. The van der Waals surface area contributed by atoms with Crippen molar-refractivity contribution >= 4 is 40.6 Å². The molecular weight excluding hydrogens is 417 g/mol. The molecule has 156 valence electrons. The molecule has 30 heavy (non-hydrogen) atoms. The Balaban J connectivity index is 1.92. The lowest BCUT2D eigenvalue weighted by Gasteiger charge is -2.43. The summed E-state index contributed by atoms with van der Waals surface area (Å²) in [5.41, 5.74) is 5.22. The number of amides is 1. The Kier molecular flexibility index (Phi) is 5.32. The fourth-order valence-corrected chi connectivity index (χ4v) is 5.17. The third kappa shape index (κ3) is 3.70. The van der Waals surface area contributed by atoms with Gasteiger partial charge in [0.15, 0.2) is 5.78 Å². The molecule has 1 heterocycles. The van der Waals surface area contributed by atoms with Crippen LogP contribution in [0.2, 0.25) is 10.0 Å². The smallest absolute Gasteiger partial charge is 0.232 e. The van der Waals surface area contributed by atoms with Crippen LogP contribution in [0.1, 0.15) is 55.7 Å². The van der Waals surface area contributed by atoms with Gasteiger partial charge in [0.1, 0.15) is 0 Å². The standard InChI is InChI=1S/C25H25Cl2NO2/c1-14-5-7-17(9-15(14)2)28-21-12-25(3,4)13-22(29)24(21)19(11-23(28)30)18-8-6-16(26)10-20(18)27/h5-10,19H,11-13H2,1-4H3. The van der Waals surface area contributed by atoms with Crippen LogP contribution in [0.5, 0.6) is 0 Å². The predicted molar refractivity (Wildman–Crippen MR) is 122 cm³/mol. The zero-order chi connectivity index (χ0) is 21.8. The van der Waals surface area contributed by atoms with Crippen LogP contribution in [0.4, 0.5) is 5.69 Å². The number of hydrogen-bond donors (Lipinski definition) is 0. The van der Waals surface area contributed by atoms with Crippen molar-refractivity contribution in [2.45, 2.75) is 52.9 Å².